The van der Waals surface area contributed by atoms with Crippen LogP contribution in [0.3, 0.4) is 0 Å². The molecule has 0 saturated heterocycles. The summed E-state index contributed by atoms with van der Waals surface area (Å²) < 4.78 is 2.16. The van der Waals surface area contributed by atoms with Crippen molar-refractivity contribution in [3.8, 4) is 0 Å². The molecule has 0 saturated carbocycles. The Kier molecular flexibility index (Phi) is 4.40. The molecule has 0 aromatic carbocycles. The SMILES string of the molecule is CCCn1cncc1C=C(CC)CN. The van der Waals surface area contributed by atoms with Crippen LogP contribution in [0.1, 0.15) is 32.4 Å². The fourth-order valence-electron chi connectivity index (χ4n) is 1.39. The van der Waals surface area contributed by atoms with Crippen molar-refractivity contribution in [1.82, 2.24) is 9.55 Å². The van der Waals surface area contributed by atoms with Gasteiger partial charge in [-0.25, -0.2) is 4.98 Å². The highest BCUT2D eigenvalue weighted by Crippen LogP contribution is 2.08. The third-order valence-electron chi connectivity index (χ3n) is 2.28. The van der Waals surface area contributed by atoms with Gasteiger partial charge in [0, 0.05) is 13.1 Å². The van der Waals surface area contributed by atoms with Crippen LogP contribution < -0.4 is 5.73 Å². The standard InChI is InChI=1S/C11H19N3/c1-3-5-14-9-13-8-11(14)6-10(4-2)7-12/h6,8-9H,3-5,7,12H2,1-2H3. The normalized spacial score (nSPS) is 12.1. The van der Waals surface area contributed by atoms with E-state index in [1.165, 1.54) is 5.57 Å². The van der Waals surface area contributed by atoms with Crippen LogP contribution in [0.2, 0.25) is 0 Å². The third kappa shape index (κ3) is 2.70. The Labute approximate surface area is 85.6 Å². The first-order chi connectivity index (χ1) is 6.81. The van der Waals surface area contributed by atoms with Gasteiger partial charge < -0.3 is 10.3 Å². The van der Waals surface area contributed by atoms with Gasteiger partial charge in [-0.15, -0.1) is 0 Å². The zero-order valence-corrected chi connectivity index (χ0v) is 9.03. The van der Waals surface area contributed by atoms with Gasteiger partial charge >= 0.3 is 0 Å². The highest BCUT2D eigenvalue weighted by Gasteiger charge is 1.99. The number of imidazole rings is 1. The molecule has 0 unspecified atom stereocenters. The van der Waals surface area contributed by atoms with Crippen molar-refractivity contribution in [1.29, 1.82) is 0 Å². The number of nitrogens with two attached hydrogens (primary N) is 1. The van der Waals surface area contributed by atoms with Crippen LogP contribution in [0.5, 0.6) is 0 Å². The first-order valence-corrected chi connectivity index (χ1v) is 5.21. The summed E-state index contributed by atoms with van der Waals surface area (Å²) in [4.78, 5) is 4.14. The van der Waals surface area contributed by atoms with Gasteiger partial charge in [0.15, 0.2) is 0 Å². The second-order valence-corrected chi connectivity index (χ2v) is 3.37. The first kappa shape index (κ1) is 11.0. The van der Waals surface area contributed by atoms with Crippen molar-refractivity contribution in [2.75, 3.05) is 6.54 Å². The average Bonchev–Trinajstić information content (AvgIpc) is 2.62. The molecular formula is C11H19N3. The van der Waals surface area contributed by atoms with E-state index in [0.29, 0.717) is 6.54 Å². The lowest BCUT2D eigenvalue weighted by Crippen LogP contribution is -2.03. The molecule has 14 heavy (non-hydrogen) atoms. The summed E-state index contributed by atoms with van der Waals surface area (Å²) in [6.07, 6.45) is 8.04. The van der Waals surface area contributed by atoms with Crippen LogP contribution in [-0.2, 0) is 6.54 Å². The van der Waals surface area contributed by atoms with Gasteiger partial charge in [-0.3, -0.25) is 0 Å². The van der Waals surface area contributed by atoms with E-state index in [1.54, 1.807) is 0 Å². The summed E-state index contributed by atoms with van der Waals surface area (Å²) in [5.41, 5.74) is 8.05. The van der Waals surface area contributed by atoms with Gasteiger partial charge in [0.25, 0.3) is 0 Å². The largest absolute Gasteiger partial charge is 0.331 e. The molecule has 78 valence electrons. The number of hydrogen-bond acceptors (Lipinski definition) is 2. The van der Waals surface area contributed by atoms with Crippen LogP contribution in [-0.4, -0.2) is 16.1 Å². The molecule has 1 rings (SSSR count). The van der Waals surface area contributed by atoms with Gasteiger partial charge in [0.1, 0.15) is 0 Å². The molecule has 0 amide bonds. The topological polar surface area (TPSA) is 43.8 Å². The first-order valence-electron chi connectivity index (χ1n) is 5.21. The number of nitrogens with zero attached hydrogens (tertiary/aromatic N) is 2. The Morgan fingerprint density at radius 1 is 1.57 bits per heavy atom. The second kappa shape index (κ2) is 5.60. The minimum Gasteiger partial charge on any atom is -0.331 e. The van der Waals surface area contributed by atoms with Gasteiger partial charge in [0.2, 0.25) is 0 Å². The van der Waals surface area contributed by atoms with Gasteiger partial charge in [-0.05, 0) is 18.9 Å². The summed E-state index contributed by atoms with van der Waals surface area (Å²) in [6, 6.07) is 0. The van der Waals surface area contributed by atoms with Crippen molar-refractivity contribution in [3.05, 3.63) is 23.8 Å². The van der Waals surface area contributed by atoms with Crippen molar-refractivity contribution >= 4 is 6.08 Å². The zero-order valence-electron chi connectivity index (χ0n) is 9.03. The van der Waals surface area contributed by atoms with Crippen molar-refractivity contribution in [2.45, 2.75) is 33.2 Å². The molecule has 0 aliphatic rings. The second-order valence-electron chi connectivity index (χ2n) is 3.37. The summed E-state index contributed by atoms with van der Waals surface area (Å²) in [5, 5.41) is 0. The molecule has 2 N–H and O–H groups in total. The Morgan fingerprint density at radius 3 is 2.93 bits per heavy atom. The molecule has 0 fully saturated rings. The quantitative estimate of drug-likeness (QED) is 0.777. The highest BCUT2D eigenvalue weighted by molar-refractivity contribution is 5.48. The molecule has 1 heterocycles. The van der Waals surface area contributed by atoms with Gasteiger partial charge in [0.05, 0.1) is 18.2 Å². The van der Waals surface area contributed by atoms with Crippen molar-refractivity contribution < 1.29 is 0 Å². The molecule has 1 aromatic heterocycles. The van der Waals surface area contributed by atoms with E-state index in [-0.39, 0.29) is 0 Å². The van der Waals surface area contributed by atoms with E-state index in [1.807, 2.05) is 12.5 Å². The van der Waals surface area contributed by atoms with Crippen molar-refractivity contribution in [3.63, 3.8) is 0 Å². The smallest absolute Gasteiger partial charge is 0.0950 e. The Hall–Kier alpha value is -1.09. The summed E-state index contributed by atoms with van der Waals surface area (Å²) in [5.74, 6) is 0. The molecule has 0 radical (unpaired) electrons. The number of rotatable bonds is 5. The van der Waals surface area contributed by atoms with E-state index >= 15 is 0 Å². The summed E-state index contributed by atoms with van der Waals surface area (Å²) >= 11 is 0. The van der Waals surface area contributed by atoms with E-state index < -0.39 is 0 Å². The maximum Gasteiger partial charge on any atom is 0.0950 e. The van der Waals surface area contributed by atoms with Crippen LogP contribution >= 0.6 is 0 Å². The third-order valence-corrected chi connectivity index (χ3v) is 2.28. The number of aryl methyl sites for hydroxylation is 1. The fraction of sp³-hybridized carbons (Fsp3) is 0.545. The lowest BCUT2D eigenvalue weighted by atomic mass is 10.2. The number of hydrogen-bond donors (Lipinski definition) is 1. The Bertz CT molecular complexity index is 293. The monoisotopic (exact) mass is 193 g/mol. The molecule has 0 spiro atoms. The van der Waals surface area contributed by atoms with E-state index in [4.69, 9.17) is 5.73 Å². The minimum atomic E-state index is 0.633. The predicted octanol–water partition coefficient (Wildman–Crippen LogP) is 2.05. The highest BCUT2D eigenvalue weighted by atomic mass is 15.0. The molecule has 3 nitrogen and oxygen atoms in total. The molecule has 0 bridgehead atoms. The average molecular weight is 193 g/mol. The molecule has 0 aliphatic carbocycles. The molecular weight excluding hydrogens is 174 g/mol. The maximum atomic E-state index is 5.63. The van der Waals surface area contributed by atoms with Crippen LogP contribution in [0, 0.1) is 0 Å². The summed E-state index contributed by atoms with van der Waals surface area (Å²) in [6.45, 7) is 5.94. The van der Waals surface area contributed by atoms with Crippen LogP contribution in [0.15, 0.2) is 18.1 Å². The van der Waals surface area contributed by atoms with Crippen LogP contribution in [0.4, 0.5) is 0 Å². The maximum absolute atomic E-state index is 5.63. The van der Waals surface area contributed by atoms with Crippen molar-refractivity contribution in [2.24, 2.45) is 5.73 Å². The molecule has 1 aromatic rings. The van der Waals surface area contributed by atoms with E-state index in [9.17, 15) is 0 Å². The summed E-state index contributed by atoms with van der Waals surface area (Å²) in [7, 11) is 0. The van der Waals surface area contributed by atoms with Gasteiger partial charge in [-0.2, -0.15) is 0 Å². The zero-order chi connectivity index (χ0) is 10.4. The Morgan fingerprint density at radius 2 is 2.36 bits per heavy atom. The fourth-order valence-corrected chi connectivity index (χ4v) is 1.39. The predicted molar refractivity (Wildman–Crippen MR) is 59.8 cm³/mol. The van der Waals surface area contributed by atoms with Gasteiger partial charge in [-0.1, -0.05) is 19.4 Å². The molecule has 0 aliphatic heterocycles. The number of aromatic nitrogens is 2. The molecule has 0 atom stereocenters. The van der Waals surface area contributed by atoms with E-state index in [2.05, 4.69) is 29.5 Å². The van der Waals surface area contributed by atoms with E-state index in [0.717, 1.165) is 25.1 Å². The van der Waals surface area contributed by atoms with Crippen LogP contribution in [0.25, 0.3) is 6.08 Å². The minimum absolute atomic E-state index is 0.633. The lowest BCUT2D eigenvalue weighted by molar-refractivity contribution is 0.673. The Balaban J connectivity index is 2.83. The lowest BCUT2D eigenvalue weighted by Gasteiger charge is -2.04. The molecule has 3 heteroatoms.